The molecular formula is C22H21NO. The third kappa shape index (κ3) is 4.11. The van der Waals surface area contributed by atoms with E-state index >= 15 is 0 Å². The van der Waals surface area contributed by atoms with Gasteiger partial charge in [-0.05, 0) is 30.5 Å². The third-order valence-corrected chi connectivity index (χ3v) is 4.07. The zero-order valence-electron chi connectivity index (χ0n) is 13.8. The number of rotatable bonds is 6. The van der Waals surface area contributed by atoms with Gasteiger partial charge in [-0.2, -0.15) is 0 Å². The number of ketones is 1. The van der Waals surface area contributed by atoms with E-state index in [2.05, 4.69) is 23.5 Å². The summed E-state index contributed by atoms with van der Waals surface area (Å²) >= 11 is 0. The van der Waals surface area contributed by atoms with Crippen LogP contribution in [0.2, 0.25) is 0 Å². The summed E-state index contributed by atoms with van der Waals surface area (Å²) in [5.41, 5.74) is 5.38. The van der Waals surface area contributed by atoms with E-state index in [0.717, 1.165) is 23.2 Å². The largest absolute Gasteiger partial charge is 0.377 e. The van der Waals surface area contributed by atoms with Crippen LogP contribution in [0.3, 0.4) is 0 Å². The molecule has 2 nitrogen and oxygen atoms in total. The molecule has 0 unspecified atom stereocenters. The standard InChI is InChI=1S/C22H21NO/c1-17-11-13-19(14-12-17)22(24)16-23-21-10-6-5-9-20(21)15-18-7-3-2-4-8-18/h2-14,23H,15-16H2,1H3. The second-order valence-corrected chi connectivity index (χ2v) is 5.96. The first kappa shape index (κ1) is 16.0. The van der Waals surface area contributed by atoms with Gasteiger partial charge in [0.25, 0.3) is 0 Å². The van der Waals surface area contributed by atoms with Gasteiger partial charge in [-0.15, -0.1) is 0 Å². The molecule has 3 aromatic rings. The van der Waals surface area contributed by atoms with Gasteiger partial charge in [0, 0.05) is 11.3 Å². The number of nitrogens with one attached hydrogen (secondary N) is 1. The molecule has 120 valence electrons. The fourth-order valence-corrected chi connectivity index (χ4v) is 2.68. The number of carbonyl (C=O) groups excluding carboxylic acids is 1. The van der Waals surface area contributed by atoms with Crippen molar-refractivity contribution in [2.24, 2.45) is 0 Å². The van der Waals surface area contributed by atoms with Crippen molar-refractivity contribution in [2.45, 2.75) is 13.3 Å². The molecule has 0 saturated carbocycles. The van der Waals surface area contributed by atoms with E-state index in [1.807, 2.05) is 67.6 Å². The van der Waals surface area contributed by atoms with Crippen molar-refractivity contribution < 1.29 is 4.79 Å². The van der Waals surface area contributed by atoms with Crippen LogP contribution in [0.25, 0.3) is 0 Å². The van der Waals surface area contributed by atoms with E-state index in [4.69, 9.17) is 0 Å². The predicted molar refractivity (Wildman–Crippen MR) is 99.7 cm³/mol. The lowest BCUT2D eigenvalue weighted by molar-refractivity contribution is 0.101. The molecule has 0 aromatic heterocycles. The van der Waals surface area contributed by atoms with Crippen molar-refractivity contribution in [1.29, 1.82) is 0 Å². The lowest BCUT2D eigenvalue weighted by Gasteiger charge is -2.12. The highest BCUT2D eigenvalue weighted by Crippen LogP contribution is 2.19. The highest BCUT2D eigenvalue weighted by molar-refractivity contribution is 5.99. The molecule has 0 fully saturated rings. The van der Waals surface area contributed by atoms with Crippen LogP contribution in [0.1, 0.15) is 27.0 Å². The summed E-state index contributed by atoms with van der Waals surface area (Å²) < 4.78 is 0. The molecule has 0 aliphatic heterocycles. The van der Waals surface area contributed by atoms with Crippen LogP contribution in [0.4, 0.5) is 5.69 Å². The number of Topliss-reactive ketones (excluding diaryl/α,β-unsaturated/α-hetero) is 1. The molecular weight excluding hydrogens is 294 g/mol. The molecule has 0 heterocycles. The second-order valence-electron chi connectivity index (χ2n) is 5.96. The van der Waals surface area contributed by atoms with Crippen molar-refractivity contribution in [3.05, 3.63) is 101 Å². The SMILES string of the molecule is Cc1ccc(C(=O)CNc2ccccc2Cc2ccccc2)cc1. The Morgan fingerprint density at radius 2 is 1.50 bits per heavy atom. The molecule has 1 N–H and O–H groups in total. The van der Waals surface area contributed by atoms with E-state index in [1.165, 1.54) is 11.1 Å². The summed E-state index contributed by atoms with van der Waals surface area (Å²) in [6, 6.07) is 26.2. The number of benzene rings is 3. The normalized spacial score (nSPS) is 10.4. The van der Waals surface area contributed by atoms with Crippen LogP contribution in [-0.2, 0) is 6.42 Å². The van der Waals surface area contributed by atoms with Crippen LogP contribution in [0, 0.1) is 6.92 Å². The zero-order valence-corrected chi connectivity index (χ0v) is 13.8. The second kappa shape index (κ2) is 7.60. The van der Waals surface area contributed by atoms with Gasteiger partial charge in [0.15, 0.2) is 5.78 Å². The monoisotopic (exact) mass is 315 g/mol. The Hall–Kier alpha value is -2.87. The maximum Gasteiger partial charge on any atom is 0.181 e. The molecule has 0 saturated heterocycles. The molecule has 3 aromatic carbocycles. The van der Waals surface area contributed by atoms with E-state index in [0.29, 0.717) is 6.54 Å². The summed E-state index contributed by atoms with van der Waals surface area (Å²) in [4.78, 5) is 12.3. The average molecular weight is 315 g/mol. The van der Waals surface area contributed by atoms with Gasteiger partial charge in [0.1, 0.15) is 0 Å². The first-order valence-corrected chi connectivity index (χ1v) is 8.18. The fraction of sp³-hybridized carbons (Fsp3) is 0.136. The summed E-state index contributed by atoms with van der Waals surface area (Å²) in [7, 11) is 0. The van der Waals surface area contributed by atoms with Gasteiger partial charge in [0.2, 0.25) is 0 Å². The minimum atomic E-state index is 0.101. The van der Waals surface area contributed by atoms with Gasteiger partial charge in [-0.3, -0.25) is 4.79 Å². The zero-order chi connectivity index (χ0) is 16.8. The molecule has 0 aliphatic carbocycles. The van der Waals surface area contributed by atoms with Crippen molar-refractivity contribution in [1.82, 2.24) is 0 Å². The van der Waals surface area contributed by atoms with E-state index in [-0.39, 0.29) is 5.78 Å². The van der Waals surface area contributed by atoms with Gasteiger partial charge in [-0.1, -0.05) is 78.4 Å². The van der Waals surface area contributed by atoms with Gasteiger partial charge in [-0.25, -0.2) is 0 Å². The Bertz CT molecular complexity index is 807. The number of para-hydroxylation sites is 1. The highest BCUT2D eigenvalue weighted by atomic mass is 16.1. The molecule has 0 spiro atoms. The van der Waals surface area contributed by atoms with Crippen LogP contribution < -0.4 is 5.32 Å². The molecule has 3 rings (SSSR count). The van der Waals surface area contributed by atoms with E-state index in [1.54, 1.807) is 0 Å². The smallest absolute Gasteiger partial charge is 0.181 e. The average Bonchev–Trinajstić information content (AvgIpc) is 2.62. The number of carbonyl (C=O) groups is 1. The molecule has 0 atom stereocenters. The Morgan fingerprint density at radius 1 is 0.833 bits per heavy atom. The van der Waals surface area contributed by atoms with Crippen molar-refractivity contribution in [3.63, 3.8) is 0 Å². The van der Waals surface area contributed by atoms with Crippen LogP contribution in [-0.4, -0.2) is 12.3 Å². The topological polar surface area (TPSA) is 29.1 Å². The van der Waals surface area contributed by atoms with E-state index in [9.17, 15) is 4.79 Å². The Labute approximate surface area is 143 Å². The molecule has 0 amide bonds. The summed E-state index contributed by atoms with van der Waals surface area (Å²) in [6.07, 6.45) is 0.850. The Morgan fingerprint density at radius 3 is 2.25 bits per heavy atom. The van der Waals surface area contributed by atoms with Gasteiger partial charge in [0.05, 0.1) is 6.54 Å². The first-order chi connectivity index (χ1) is 11.7. The predicted octanol–water partition coefficient (Wildman–Crippen LogP) is 4.88. The first-order valence-electron chi connectivity index (χ1n) is 8.18. The lowest BCUT2D eigenvalue weighted by Crippen LogP contribution is -2.15. The lowest BCUT2D eigenvalue weighted by atomic mass is 10.0. The highest BCUT2D eigenvalue weighted by Gasteiger charge is 2.07. The Kier molecular flexibility index (Phi) is 5.07. The van der Waals surface area contributed by atoms with Gasteiger partial charge < -0.3 is 5.32 Å². The number of anilines is 1. The number of aryl methyl sites for hydroxylation is 1. The quantitative estimate of drug-likeness (QED) is 0.657. The third-order valence-electron chi connectivity index (χ3n) is 4.07. The summed E-state index contributed by atoms with van der Waals surface area (Å²) in [5, 5.41) is 3.30. The minimum absolute atomic E-state index is 0.101. The molecule has 0 aliphatic rings. The molecule has 0 radical (unpaired) electrons. The van der Waals surface area contributed by atoms with E-state index < -0.39 is 0 Å². The van der Waals surface area contributed by atoms with Gasteiger partial charge >= 0.3 is 0 Å². The maximum absolute atomic E-state index is 12.3. The molecule has 2 heteroatoms. The van der Waals surface area contributed by atoms with Crippen LogP contribution >= 0.6 is 0 Å². The Balaban J connectivity index is 1.69. The minimum Gasteiger partial charge on any atom is -0.377 e. The number of hydrogen-bond acceptors (Lipinski definition) is 2. The summed E-state index contributed by atoms with van der Waals surface area (Å²) in [6.45, 7) is 2.32. The van der Waals surface area contributed by atoms with Crippen molar-refractivity contribution >= 4 is 11.5 Å². The fourth-order valence-electron chi connectivity index (χ4n) is 2.68. The van der Waals surface area contributed by atoms with Crippen molar-refractivity contribution in [3.8, 4) is 0 Å². The molecule has 0 bridgehead atoms. The molecule has 24 heavy (non-hydrogen) atoms. The van der Waals surface area contributed by atoms with Crippen LogP contribution in [0.5, 0.6) is 0 Å². The van der Waals surface area contributed by atoms with Crippen molar-refractivity contribution in [2.75, 3.05) is 11.9 Å². The maximum atomic E-state index is 12.3. The van der Waals surface area contributed by atoms with Crippen LogP contribution in [0.15, 0.2) is 78.9 Å². The summed E-state index contributed by atoms with van der Waals surface area (Å²) in [5.74, 6) is 0.101. The number of hydrogen-bond donors (Lipinski definition) is 1.